The number of rotatable bonds is 7. The second kappa shape index (κ2) is 9.55. The number of fused-ring (bicyclic) bond motifs is 1. The standard InChI is InChI=1S/C24H20ClN7O4/c1-14-9-20(27-21(33)13-36-18-8-4-7-17(11-18)35-2)32(30-14)24-28-22-19(23(34)29-24)12-26-31(22)16-6-3-5-15(25)10-16/h3-12H,13H2,1-2H3,(H,27,33)(H,28,29,34). The number of nitrogens with one attached hydrogen (secondary N) is 2. The van der Waals surface area contributed by atoms with E-state index >= 15 is 0 Å². The van der Waals surface area contributed by atoms with Gasteiger partial charge in [0.1, 0.15) is 22.7 Å². The van der Waals surface area contributed by atoms with E-state index in [1.54, 1.807) is 68.6 Å². The van der Waals surface area contributed by atoms with E-state index in [9.17, 15) is 9.59 Å². The Labute approximate surface area is 209 Å². The molecule has 2 aromatic carbocycles. The average molecular weight is 506 g/mol. The van der Waals surface area contributed by atoms with Crippen LogP contribution < -0.4 is 20.3 Å². The number of hydrogen-bond donors (Lipinski definition) is 2. The molecule has 0 aliphatic rings. The highest BCUT2D eigenvalue weighted by molar-refractivity contribution is 6.30. The largest absolute Gasteiger partial charge is 0.497 e. The van der Waals surface area contributed by atoms with Crippen LogP contribution >= 0.6 is 11.6 Å². The Morgan fingerprint density at radius 3 is 2.72 bits per heavy atom. The Balaban J connectivity index is 1.44. The summed E-state index contributed by atoms with van der Waals surface area (Å²) in [7, 11) is 1.55. The zero-order chi connectivity index (χ0) is 25.2. The summed E-state index contributed by atoms with van der Waals surface area (Å²) >= 11 is 6.12. The first kappa shape index (κ1) is 23.1. The van der Waals surface area contributed by atoms with Crippen molar-refractivity contribution in [2.45, 2.75) is 6.92 Å². The van der Waals surface area contributed by atoms with E-state index in [-0.39, 0.29) is 12.6 Å². The van der Waals surface area contributed by atoms with Gasteiger partial charge in [-0.1, -0.05) is 23.7 Å². The van der Waals surface area contributed by atoms with Gasteiger partial charge in [-0.15, -0.1) is 0 Å². The molecule has 0 fully saturated rings. The van der Waals surface area contributed by atoms with Gasteiger partial charge < -0.3 is 14.8 Å². The Bertz CT molecular complexity index is 1640. The first-order valence-electron chi connectivity index (χ1n) is 10.8. The molecule has 11 nitrogen and oxygen atoms in total. The Morgan fingerprint density at radius 1 is 1.11 bits per heavy atom. The van der Waals surface area contributed by atoms with Crippen molar-refractivity contribution < 1.29 is 14.3 Å². The Kier molecular flexibility index (Phi) is 6.13. The highest BCUT2D eigenvalue weighted by Gasteiger charge is 2.17. The number of aromatic amines is 1. The number of benzene rings is 2. The normalized spacial score (nSPS) is 11.0. The summed E-state index contributed by atoms with van der Waals surface area (Å²) in [6, 6.07) is 15.6. The second-order valence-electron chi connectivity index (χ2n) is 7.76. The molecular formula is C24H20ClN7O4. The zero-order valence-electron chi connectivity index (χ0n) is 19.2. The predicted molar refractivity (Wildman–Crippen MR) is 133 cm³/mol. The molecule has 0 spiro atoms. The number of halogens is 1. The van der Waals surface area contributed by atoms with Crippen molar-refractivity contribution in [2.24, 2.45) is 0 Å². The molecule has 0 aliphatic carbocycles. The molecule has 1 amide bonds. The Morgan fingerprint density at radius 2 is 1.92 bits per heavy atom. The van der Waals surface area contributed by atoms with Gasteiger partial charge in [-0.05, 0) is 37.3 Å². The van der Waals surface area contributed by atoms with Crippen molar-refractivity contribution in [1.29, 1.82) is 0 Å². The molecule has 0 saturated heterocycles. The van der Waals surface area contributed by atoms with Gasteiger partial charge in [0.05, 0.1) is 24.7 Å². The van der Waals surface area contributed by atoms with Gasteiger partial charge in [0.25, 0.3) is 11.5 Å². The minimum atomic E-state index is -0.425. The number of carbonyl (C=O) groups excluding carboxylic acids is 1. The molecule has 5 aromatic rings. The van der Waals surface area contributed by atoms with Gasteiger partial charge in [0, 0.05) is 17.2 Å². The SMILES string of the molecule is COc1cccc(OCC(=O)Nc2cc(C)nn2-c2nc3c(cnn3-c3cccc(Cl)c3)c(=O)[nH]2)c1. The topological polar surface area (TPSA) is 129 Å². The highest BCUT2D eigenvalue weighted by Crippen LogP contribution is 2.21. The van der Waals surface area contributed by atoms with E-state index in [4.69, 9.17) is 21.1 Å². The molecule has 0 unspecified atom stereocenters. The lowest BCUT2D eigenvalue weighted by molar-refractivity contribution is -0.118. The zero-order valence-corrected chi connectivity index (χ0v) is 20.0. The average Bonchev–Trinajstić information content (AvgIpc) is 3.46. The van der Waals surface area contributed by atoms with Crippen LogP contribution in [0.3, 0.4) is 0 Å². The summed E-state index contributed by atoms with van der Waals surface area (Å²) < 4.78 is 13.6. The van der Waals surface area contributed by atoms with E-state index in [1.807, 2.05) is 0 Å². The van der Waals surface area contributed by atoms with E-state index in [0.717, 1.165) is 0 Å². The molecule has 182 valence electrons. The van der Waals surface area contributed by atoms with Crippen molar-refractivity contribution in [3.63, 3.8) is 0 Å². The maximum absolute atomic E-state index is 12.8. The minimum absolute atomic E-state index is 0.105. The number of carbonyl (C=O) groups is 1. The van der Waals surface area contributed by atoms with Gasteiger partial charge in [-0.3, -0.25) is 14.6 Å². The van der Waals surface area contributed by atoms with Crippen LogP contribution in [0.25, 0.3) is 22.7 Å². The molecule has 12 heteroatoms. The lowest BCUT2D eigenvalue weighted by atomic mass is 10.3. The first-order valence-corrected chi connectivity index (χ1v) is 11.2. The highest BCUT2D eigenvalue weighted by atomic mass is 35.5. The van der Waals surface area contributed by atoms with Crippen LogP contribution in [0.5, 0.6) is 11.5 Å². The fraction of sp³-hybridized carbons (Fsp3) is 0.125. The summed E-state index contributed by atoms with van der Waals surface area (Å²) in [5.74, 6) is 1.09. The number of ether oxygens (including phenoxy) is 2. The summed E-state index contributed by atoms with van der Waals surface area (Å²) in [5.41, 5.74) is 1.14. The van der Waals surface area contributed by atoms with E-state index < -0.39 is 11.5 Å². The quantitative estimate of drug-likeness (QED) is 0.347. The number of anilines is 1. The molecule has 0 bridgehead atoms. The van der Waals surface area contributed by atoms with Gasteiger partial charge in [-0.2, -0.15) is 19.9 Å². The molecule has 36 heavy (non-hydrogen) atoms. The number of methoxy groups -OCH3 is 1. The van der Waals surface area contributed by atoms with Crippen LogP contribution in [0.4, 0.5) is 5.82 Å². The van der Waals surface area contributed by atoms with Crippen LogP contribution in [0.2, 0.25) is 5.02 Å². The number of H-pyrrole nitrogens is 1. The van der Waals surface area contributed by atoms with Gasteiger partial charge in [0.15, 0.2) is 12.3 Å². The molecule has 0 radical (unpaired) electrons. The smallest absolute Gasteiger partial charge is 0.263 e. The maximum atomic E-state index is 12.8. The third kappa shape index (κ3) is 4.64. The maximum Gasteiger partial charge on any atom is 0.263 e. The Hall–Kier alpha value is -4.64. The fourth-order valence-electron chi connectivity index (χ4n) is 3.57. The van der Waals surface area contributed by atoms with Crippen LogP contribution in [-0.2, 0) is 4.79 Å². The van der Waals surface area contributed by atoms with Crippen molar-refractivity contribution in [1.82, 2.24) is 29.5 Å². The predicted octanol–water partition coefficient (Wildman–Crippen LogP) is 3.28. The molecular weight excluding hydrogens is 486 g/mol. The first-order chi connectivity index (χ1) is 17.4. The number of hydrogen-bond acceptors (Lipinski definition) is 7. The van der Waals surface area contributed by atoms with Crippen LogP contribution in [-0.4, -0.2) is 49.2 Å². The number of aryl methyl sites for hydroxylation is 1. The molecule has 5 rings (SSSR count). The van der Waals surface area contributed by atoms with Crippen molar-refractivity contribution in [3.05, 3.63) is 81.9 Å². The van der Waals surface area contributed by atoms with Crippen molar-refractivity contribution in [2.75, 3.05) is 19.0 Å². The fourth-order valence-corrected chi connectivity index (χ4v) is 3.76. The second-order valence-corrected chi connectivity index (χ2v) is 8.20. The van der Waals surface area contributed by atoms with Crippen molar-refractivity contribution >= 4 is 34.4 Å². The molecule has 3 aromatic heterocycles. The molecule has 0 aliphatic heterocycles. The molecule has 0 saturated carbocycles. The van der Waals surface area contributed by atoms with Gasteiger partial charge in [0.2, 0.25) is 5.95 Å². The summed E-state index contributed by atoms with van der Waals surface area (Å²) in [5, 5.41) is 12.2. The van der Waals surface area contributed by atoms with E-state index in [2.05, 4.69) is 25.5 Å². The van der Waals surface area contributed by atoms with Crippen LogP contribution in [0, 0.1) is 6.92 Å². The van der Waals surface area contributed by atoms with Gasteiger partial charge in [-0.25, -0.2) is 4.68 Å². The number of nitrogens with zero attached hydrogens (tertiary/aromatic N) is 5. The third-order valence-electron chi connectivity index (χ3n) is 5.19. The number of amides is 1. The number of aromatic nitrogens is 6. The third-order valence-corrected chi connectivity index (χ3v) is 5.42. The van der Waals surface area contributed by atoms with E-state index in [1.165, 1.54) is 15.6 Å². The summed E-state index contributed by atoms with van der Waals surface area (Å²) in [4.78, 5) is 32.7. The van der Waals surface area contributed by atoms with Crippen molar-refractivity contribution in [3.8, 4) is 23.1 Å². The lowest BCUT2D eigenvalue weighted by Crippen LogP contribution is -2.23. The monoisotopic (exact) mass is 505 g/mol. The van der Waals surface area contributed by atoms with Crippen LogP contribution in [0.15, 0.2) is 65.6 Å². The molecule has 2 N–H and O–H groups in total. The van der Waals surface area contributed by atoms with E-state index in [0.29, 0.717) is 44.8 Å². The molecule has 0 atom stereocenters. The van der Waals surface area contributed by atoms with Crippen LogP contribution in [0.1, 0.15) is 5.69 Å². The summed E-state index contributed by atoms with van der Waals surface area (Å²) in [6.07, 6.45) is 1.43. The summed E-state index contributed by atoms with van der Waals surface area (Å²) in [6.45, 7) is 1.51. The van der Waals surface area contributed by atoms with Gasteiger partial charge >= 0.3 is 0 Å². The minimum Gasteiger partial charge on any atom is -0.497 e. The molecule has 3 heterocycles. The lowest BCUT2D eigenvalue weighted by Gasteiger charge is -2.10.